The molecule has 0 bridgehead atoms. The van der Waals surface area contributed by atoms with Gasteiger partial charge in [0.15, 0.2) is 0 Å². The van der Waals surface area contributed by atoms with Gasteiger partial charge >= 0.3 is 0 Å². The molecule has 7 heteroatoms. The lowest BCUT2D eigenvalue weighted by molar-refractivity contribution is -0.121. The van der Waals surface area contributed by atoms with Gasteiger partial charge in [0.05, 0.1) is 11.6 Å². The second kappa shape index (κ2) is 8.05. The van der Waals surface area contributed by atoms with Gasteiger partial charge in [0, 0.05) is 22.5 Å². The first-order valence-electron chi connectivity index (χ1n) is 8.50. The van der Waals surface area contributed by atoms with Gasteiger partial charge in [-0.15, -0.1) is 0 Å². The molecule has 0 spiro atoms. The Hall–Kier alpha value is -2.47. The molecule has 3 nitrogen and oxygen atoms in total. The van der Waals surface area contributed by atoms with Crippen molar-refractivity contribution in [3.63, 3.8) is 0 Å². The van der Waals surface area contributed by atoms with Crippen molar-refractivity contribution in [1.29, 1.82) is 0 Å². The Morgan fingerprint density at radius 1 is 1.22 bits per heavy atom. The molecule has 142 valence electrons. The number of rotatable bonds is 6. The van der Waals surface area contributed by atoms with Crippen LogP contribution < -0.4 is 5.32 Å². The first-order valence-corrected chi connectivity index (χ1v) is 8.87. The van der Waals surface area contributed by atoms with Crippen LogP contribution in [0.5, 0.6) is 0 Å². The number of carbonyl (C=O) groups is 1. The normalized spacial score (nSPS) is 12.3. The van der Waals surface area contributed by atoms with Crippen molar-refractivity contribution in [3.8, 4) is 11.3 Å². The minimum Gasteiger partial charge on any atom is -0.352 e. The number of nitrogens with one attached hydrogen (secondary N) is 2. The third-order valence-corrected chi connectivity index (χ3v) is 4.52. The number of fused-ring (bicyclic) bond motifs is 1. The molecule has 0 saturated carbocycles. The number of aromatic amines is 1. The van der Waals surface area contributed by atoms with Crippen LogP contribution >= 0.6 is 11.6 Å². The standard InChI is InChI=1S/C20H18ClF3N2O/c1-11(10-22)25-18(27)7-6-15-16-8-13(21)9-17(24)20(16)26-19(15)12-2-4-14(23)5-3-12/h2-5,8-9,11,26H,6-7,10H2,1H3,(H,25,27). The van der Waals surface area contributed by atoms with E-state index in [9.17, 15) is 18.0 Å². The summed E-state index contributed by atoms with van der Waals surface area (Å²) in [5.74, 6) is -1.20. The fourth-order valence-corrected chi connectivity index (χ4v) is 3.23. The van der Waals surface area contributed by atoms with Crippen LogP contribution in [0.1, 0.15) is 18.9 Å². The molecular formula is C20H18ClF3N2O. The first-order chi connectivity index (χ1) is 12.9. The summed E-state index contributed by atoms with van der Waals surface area (Å²) in [7, 11) is 0. The molecule has 0 aliphatic heterocycles. The minimum absolute atomic E-state index is 0.0968. The minimum atomic E-state index is -0.652. The highest BCUT2D eigenvalue weighted by Crippen LogP contribution is 2.34. The number of hydrogen-bond donors (Lipinski definition) is 2. The summed E-state index contributed by atoms with van der Waals surface area (Å²) >= 11 is 6.00. The highest BCUT2D eigenvalue weighted by Gasteiger charge is 2.18. The molecule has 3 aromatic rings. The highest BCUT2D eigenvalue weighted by molar-refractivity contribution is 6.31. The molecule has 27 heavy (non-hydrogen) atoms. The maximum Gasteiger partial charge on any atom is 0.220 e. The maximum atomic E-state index is 14.3. The Balaban J connectivity index is 2.01. The number of H-pyrrole nitrogens is 1. The molecule has 1 atom stereocenters. The van der Waals surface area contributed by atoms with Gasteiger partial charge in [0.1, 0.15) is 18.3 Å². The lowest BCUT2D eigenvalue weighted by Crippen LogP contribution is -2.34. The van der Waals surface area contributed by atoms with Crippen LogP contribution in [0.2, 0.25) is 5.02 Å². The van der Waals surface area contributed by atoms with E-state index in [1.165, 1.54) is 18.2 Å². The Morgan fingerprint density at radius 3 is 2.59 bits per heavy atom. The smallest absolute Gasteiger partial charge is 0.220 e. The zero-order valence-corrected chi connectivity index (χ0v) is 15.3. The van der Waals surface area contributed by atoms with E-state index in [1.54, 1.807) is 25.1 Å². The van der Waals surface area contributed by atoms with Gasteiger partial charge in [-0.1, -0.05) is 11.6 Å². The van der Waals surface area contributed by atoms with Crippen LogP contribution in [0.25, 0.3) is 22.2 Å². The van der Waals surface area contributed by atoms with E-state index < -0.39 is 18.5 Å². The second-order valence-electron chi connectivity index (χ2n) is 6.42. The van der Waals surface area contributed by atoms with Crippen LogP contribution in [0.4, 0.5) is 13.2 Å². The van der Waals surface area contributed by atoms with Gasteiger partial charge in [-0.2, -0.15) is 0 Å². The molecule has 0 radical (unpaired) electrons. The number of aryl methyl sites for hydroxylation is 1. The average molecular weight is 395 g/mol. The predicted molar refractivity (Wildman–Crippen MR) is 101 cm³/mol. The zero-order valence-electron chi connectivity index (χ0n) is 14.6. The fraction of sp³-hybridized carbons (Fsp3) is 0.250. The second-order valence-corrected chi connectivity index (χ2v) is 6.85. The van der Waals surface area contributed by atoms with Gasteiger partial charge in [-0.25, -0.2) is 13.2 Å². The van der Waals surface area contributed by atoms with E-state index in [1.807, 2.05) is 0 Å². The largest absolute Gasteiger partial charge is 0.352 e. The van der Waals surface area contributed by atoms with Crippen LogP contribution in [0.15, 0.2) is 36.4 Å². The summed E-state index contributed by atoms with van der Waals surface area (Å²) < 4.78 is 40.2. The predicted octanol–water partition coefficient (Wildman–Crippen LogP) is 5.17. The molecule has 0 aliphatic rings. The zero-order chi connectivity index (χ0) is 19.6. The third kappa shape index (κ3) is 4.27. The number of hydrogen-bond acceptors (Lipinski definition) is 1. The molecule has 1 aromatic heterocycles. The van der Waals surface area contributed by atoms with E-state index in [0.29, 0.717) is 22.2 Å². The number of halogens is 4. The number of carbonyl (C=O) groups excluding carboxylic acids is 1. The molecule has 1 amide bonds. The Kier molecular flexibility index (Phi) is 5.75. The number of benzene rings is 2. The first kappa shape index (κ1) is 19.3. The Morgan fingerprint density at radius 2 is 1.93 bits per heavy atom. The van der Waals surface area contributed by atoms with E-state index in [-0.39, 0.29) is 35.1 Å². The average Bonchev–Trinajstić information content (AvgIpc) is 2.99. The molecular weight excluding hydrogens is 377 g/mol. The Labute approximate surface area is 159 Å². The lowest BCUT2D eigenvalue weighted by Gasteiger charge is -2.10. The van der Waals surface area contributed by atoms with Crippen LogP contribution in [0, 0.1) is 11.6 Å². The summed E-state index contributed by atoms with van der Waals surface area (Å²) in [6.07, 6.45) is 0.386. The topological polar surface area (TPSA) is 44.9 Å². The summed E-state index contributed by atoms with van der Waals surface area (Å²) in [6.45, 7) is 0.920. The van der Waals surface area contributed by atoms with Crippen LogP contribution in [-0.4, -0.2) is 23.6 Å². The lowest BCUT2D eigenvalue weighted by atomic mass is 10.0. The summed E-state index contributed by atoms with van der Waals surface area (Å²) in [5, 5.41) is 3.35. The van der Waals surface area contributed by atoms with E-state index >= 15 is 0 Å². The monoisotopic (exact) mass is 394 g/mol. The number of alkyl halides is 1. The van der Waals surface area contributed by atoms with E-state index in [0.717, 1.165) is 0 Å². The van der Waals surface area contributed by atoms with Crippen LogP contribution in [0.3, 0.4) is 0 Å². The van der Waals surface area contributed by atoms with Gasteiger partial charge < -0.3 is 10.3 Å². The summed E-state index contributed by atoms with van der Waals surface area (Å²) in [6, 6.07) is 8.04. The van der Waals surface area contributed by atoms with Gasteiger partial charge in [0.2, 0.25) is 5.91 Å². The van der Waals surface area contributed by atoms with E-state index in [2.05, 4.69) is 10.3 Å². The highest BCUT2D eigenvalue weighted by atomic mass is 35.5. The fourth-order valence-electron chi connectivity index (χ4n) is 3.02. The summed E-state index contributed by atoms with van der Waals surface area (Å²) in [4.78, 5) is 15.1. The number of amides is 1. The van der Waals surface area contributed by atoms with Crippen molar-refractivity contribution in [2.24, 2.45) is 0 Å². The SMILES string of the molecule is CC(CF)NC(=O)CCc1c(-c2ccc(F)cc2)[nH]c2c(F)cc(Cl)cc12. The van der Waals surface area contributed by atoms with Gasteiger partial charge in [0.25, 0.3) is 0 Å². The molecule has 2 N–H and O–H groups in total. The van der Waals surface area contributed by atoms with Crippen molar-refractivity contribution >= 4 is 28.4 Å². The molecule has 1 heterocycles. The van der Waals surface area contributed by atoms with Crippen molar-refractivity contribution in [1.82, 2.24) is 10.3 Å². The molecule has 3 rings (SSSR count). The Bertz CT molecular complexity index is 970. The third-order valence-electron chi connectivity index (χ3n) is 4.31. The van der Waals surface area contributed by atoms with Crippen molar-refractivity contribution in [3.05, 3.63) is 58.6 Å². The molecule has 1 unspecified atom stereocenters. The molecule has 2 aromatic carbocycles. The van der Waals surface area contributed by atoms with Crippen molar-refractivity contribution in [2.45, 2.75) is 25.8 Å². The molecule has 0 fully saturated rings. The van der Waals surface area contributed by atoms with Crippen molar-refractivity contribution in [2.75, 3.05) is 6.67 Å². The van der Waals surface area contributed by atoms with E-state index in [4.69, 9.17) is 11.6 Å². The molecule has 0 aliphatic carbocycles. The van der Waals surface area contributed by atoms with Crippen molar-refractivity contribution < 1.29 is 18.0 Å². The summed E-state index contributed by atoms with van der Waals surface area (Å²) in [5.41, 5.74) is 2.22. The number of aromatic nitrogens is 1. The van der Waals surface area contributed by atoms with Crippen LogP contribution in [-0.2, 0) is 11.2 Å². The quantitative estimate of drug-likeness (QED) is 0.595. The molecule has 0 saturated heterocycles. The van der Waals surface area contributed by atoms with Gasteiger partial charge in [-0.05, 0) is 60.9 Å². The van der Waals surface area contributed by atoms with Gasteiger partial charge in [-0.3, -0.25) is 4.79 Å². The maximum absolute atomic E-state index is 14.3.